The number of nitrogens with zero attached hydrogens (tertiary/aromatic N) is 1. The highest BCUT2D eigenvalue weighted by atomic mass is 16.4. The molecule has 0 spiro atoms. The van der Waals surface area contributed by atoms with Gasteiger partial charge >= 0.3 is 5.97 Å². The van der Waals surface area contributed by atoms with Gasteiger partial charge in [0.2, 0.25) is 5.91 Å². The molecule has 0 aromatic heterocycles. The molecule has 1 aliphatic carbocycles. The molecule has 1 saturated carbocycles. The van der Waals surface area contributed by atoms with Crippen LogP contribution >= 0.6 is 0 Å². The summed E-state index contributed by atoms with van der Waals surface area (Å²) in [7, 11) is 0. The van der Waals surface area contributed by atoms with Crippen LogP contribution in [0.5, 0.6) is 0 Å². The van der Waals surface area contributed by atoms with E-state index in [4.69, 9.17) is 0 Å². The molecule has 1 amide bonds. The summed E-state index contributed by atoms with van der Waals surface area (Å²) < 4.78 is 0. The van der Waals surface area contributed by atoms with Crippen LogP contribution in [0.1, 0.15) is 51.9 Å². The molecule has 4 heteroatoms. The number of amides is 1. The van der Waals surface area contributed by atoms with Crippen molar-refractivity contribution in [1.82, 2.24) is 4.90 Å². The molecule has 0 bridgehead atoms. The molecule has 3 atom stereocenters. The van der Waals surface area contributed by atoms with Gasteiger partial charge in [0.25, 0.3) is 0 Å². The SMILES string of the molecule is CC1CCCC1C(=O)N1CCCCCC1C(=O)O. The van der Waals surface area contributed by atoms with Crippen molar-refractivity contribution in [1.29, 1.82) is 0 Å². The Morgan fingerprint density at radius 2 is 1.83 bits per heavy atom. The molecule has 1 heterocycles. The number of likely N-dealkylation sites (tertiary alicyclic amines) is 1. The summed E-state index contributed by atoms with van der Waals surface area (Å²) in [5.74, 6) is -0.273. The molecular formula is C14H23NO3. The van der Waals surface area contributed by atoms with Crippen LogP contribution in [0.15, 0.2) is 0 Å². The minimum atomic E-state index is -0.837. The molecule has 1 aliphatic heterocycles. The Morgan fingerprint density at radius 1 is 1.06 bits per heavy atom. The third kappa shape index (κ3) is 2.68. The van der Waals surface area contributed by atoms with E-state index in [9.17, 15) is 14.7 Å². The number of carboxylic acids is 1. The normalized spacial score (nSPS) is 33.2. The molecule has 2 fully saturated rings. The molecular weight excluding hydrogens is 230 g/mol. The molecule has 0 radical (unpaired) electrons. The molecule has 1 N–H and O–H groups in total. The average molecular weight is 253 g/mol. The van der Waals surface area contributed by atoms with E-state index >= 15 is 0 Å². The van der Waals surface area contributed by atoms with Crippen LogP contribution in [0.3, 0.4) is 0 Å². The summed E-state index contributed by atoms with van der Waals surface area (Å²) >= 11 is 0. The minimum Gasteiger partial charge on any atom is -0.480 e. The van der Waals surface area contributed by atoms with Gasteiger partial charge in [-0.05, 0) is 31.6 Å². The van der Waals surface area contributed by atoms with E-state index in [1.165, 1.54) is 0 Å². The van der Waals surface area contributed by atoms with Gasteiger partial charge in [-0.3, -0.25) is 4.79 Å². The second-order valence-electron chi connectivity index (χ2n) is 5.75. The largest absolute Gasteiger partial charge is 0.480 e. The molecule has 18 heavy (non-hydrogen) atoms. The Bertz CT molecular complexity index is 329. The van der Waals surface area contributed by atoms with Crippen molar-refractivity contribution in [2.75, 3.05) is 6.54 Å². The highest BCUT2D eigenvalue weighted by molar-refractivity contribution is 5.85. The van der Waals surface area contributed by atoms with Crippen molar-refractivity contribution in [2.45, 2.75) is 57.9 Å². The van der Waals surface area contributed by atoms with Gasteiger partial charge in [-0.1, -0.05) is 26.2 Å². The Hall–Kier alpha value is -1.06. The molecule has 0 aromatic carbocycles. The molecule has 3 unspecified atom stereocenters. The van der Waals surface area contributed by atoms with Gasteiger partial charge in [-0.15, -0.1) is 0 Å². The minimum absolute atomic E-state index is 0.0601. The standard InChI is InChI=1S/C14H23NO3/c1-10-6-5-7-11(10)13(16)15-9-4-2-3-8-12(15)14(17)18/h10-12H,2-9H2,1H3,(H,17,18). The van der Waals surface area contributed by atoms with Crippen LogP contribution in [0.4, 0.5) is 0 Å². The average Bonchev–Trinajstić information content (AvgIpc) is 2.63. The second kappa shape index (κ2) is 5.72. The number of hydrogen-bond donors (Lipinski definition) is 1. The summed E-state index contributed by atoms with van der Waals surface area (Å²) in [5, 5.41) is 9.30. The number of carbonyl (C=O) groups excluding carboxylic acids is 1. The van der Waals surface area contributed by atoms with Crippen molar-refractivity contribution in [3.05, 3.63) is 0 Å². The zero-order chi connectivity index (χ0) is 13.1. The van der Waals surface area contributed by atoms with Crippen LogP contribution < -0.4 is 0 Å². The van der Waals surface area contributed by atoms with E-state index in [0.717, 1.165) is 38.5 Å². The maximum atomic E-state index is 12.5. The van der Waals surface area contributed by atoms with E-state index < -0.39 is 12.0 Å². The first-order valence-corrected chi connectivity index (χ1v) is 7.14. The quantitative estimate of drug-likeness (QED) is 0.821. The number of rotatable bonds is 2. The summed E-state index contributed by atoms with van der Waals surface area (Å²) in [5.41, 5.74) is 0. The van der Waals surface area contributed by atoms with Gasteiger partial charge < -0.3 is 10.0 Å². The third-order valence-electron chi connectivity index (χ3n) is 4.50. The summed E-state index contributed by atoms with van der Waals surface area (Å²) in [6.07, 6.45) is 6.64. The molecule has 102 valence electrons. The summed E-state index contributed by atoms with van der Waals surface area (Å²) in [6, 6.07) is -0.590. The lowest BCUT2D eigenvalue weighted by atomic mass is 9.95. The highest BCUT2D eigenvalue weighted by Crippen LogP contribution is 2.34. The molecule has 2 rings (SSSR count). The highest BCUT2D eigenvalue weighted by Gasteiger charge is 2.38. The van der Waals surface area contributed by atoms with E-state index in [1.54, 1.807) is 4.90 Å². The van der Waals surface area contributed by atoms with Gasteiger partial charge in [-0.25, -0.2) is 4.79 Å². The van der Waals surface area contributed by atoms with E-state index in [0.29, 0.717) is 18.9 Å². The van der Waals surface area contributed by atoms with Crippen molar-refractivity contribution in [2.24, 2.45) is 11.8 Å². The van der Waals surface area contributed by atoms with Gasteiger partial charge in [0.1, 0.15) is 6.04 Å². The molecule has 0 aromatic rings. The predicted octanol–water partition coefficient (Wildman–Crippen LogP) is 2.28. The fraction of sp³-hybridized carbons (Fsp3) is 0.857. The van der Waals surface area contributed by atoms with Gasteiger partial charge in [0, 0.05) is 12.5 Å². The summed E-state index contributed by atoms with van der Waals surface area (Å²) in [4.78, 5) is 25.5. The second-order valence-corrected chi connectivity index (χ2v) is 5.75. The van der Waals surface area contributed by atoms with Crippen LogP contribution in [-0.2, 0) is 9.59 Å². The number of carbonyl (C=O) groups is 2. The third-order valence-corrected chi connectivity index (χ3v) is 4.50. The molecule has 1 saturated heterocycles. The zero-order valence-electron chi connectivity index (χ0n) is 11.1. The van der Waals surface area contributed by atoms with Crippen molar-refractivity contribution >= 4 is 11.9 Å². The Balaban J connectivity index is 2.11. The lowest BCUT2D eigenvalue weighted by molar-refractivity contribution is -0.152. The number of carboxylic acid groups (broad SMARTS) is 1. The fourth-order valence-electron chi connectivity index (χ4n) is 3.35. The molecule has 2 aliphatic rings. The monoisotopic (exact) mass is 253 g/mol. The van der Waals surface area contributed by atoms with Crippen molar-refractivity contribution < 1.29 is 14.7 Å². The van der Waals surface area contributed by atoms with E-state index in [-0.39, 0.29) is 11.8 Å². The Morgan fingerprint density at radius 3 is 2.44 bits per heavy atom. The first kappa shape index (κ1) is 13.4. The Labute approximate surface area is 108 Å². The smallest absolute Gasteiger partial charge is 0.326 e. The van der Waals surface area contributed by atoms with Crippen LogP contribution in [0, 0.1) is 11.8 Å². The van der Waals surface area contributed by atoms with Crippen LogP contribution in [0.2, 0.25) is 0 Å². The first-order chi connectivity index (χ1) is 8.61. The maximum Gasteiger partial charge on any atom is 0.326 e. The molecule has 4 nitrogen and oxygen atoms in total. The predicted molar refractivity (Wildman–Crippen MR) is 68.1 cm³/mol. The Kier molecular flexibility index (Phi) is 4.25. The van der Waals surface area contributed by atoms with Crippen molar-refractivity contribution in [3.63, 3.8) is 0 Å². The van der Waals surface area contributed by atoms with Crippen LogP contribution in [0.25, 0.3) is 0 Å². The number of hydrogen-bond acceptors (Lipinski definition) is 2. The maximum absolute atomic E-state index is 12.5. The fourth-order valence-corrected chi connectivity index (χ4v) is 3.35. The van der Waals surface area contributed by atoms with Crippen LogP contribution in [-0.4, -0.2) is 34.5 Å². The van der Waals surface area contributed by atoms with Crippen molar-refractivity contribution in [3.8, 4) is 0 Å². The van der Waals surface area contributed by atoms with Gasteiger partial charge in [0.15, 0.2) is 0 Å². The number of aliphatic carboxylic acids is 1. The lowest BCUT2D eigenvalue weighted by Crippen LogP contribution is -2.47. The topological polar surface area (TPSA) is 57.6 Å². The first-order valence-electron chi connectivity index (χ1n) is 7.14. The summed E-state index contributed by atoms with van der Waals surface area (Å²) in [6.45, 7) is 2.74. The van der Waals surface area contributed by atoms with Gasteiger partial charge in [-0.2, -0.15) is 0 Å². The van der Waals surface area contributed by atoms with E-state index in [2.05, 4.69) is 6.92 Å². The lowest BCUT2D eigenvalue weighted by Gasteiger charge is -2.30. The van der Waals surface area contributed by atoms with E-state index in [1.807, 2.05) is 0 Å². The van der Waals surface area contributed by atoms with Gasteiger partial charge in [0.05, 0.1) is 0 Å². The zero-order valence-corrected chi connectivity index (χ0v) is 11.1.